The lowest BCUT2D eigenvalue weighted by Crippen LogP contribution is -2.34. The van der Waals surface area contributed by atoms with Crippen LogP contribution in [0.5, 0.6) is 11.6 Å². The zero-order valence-corrected chi connectivity index (χ0v) is 17.3. The molecule has 0 saturated heterocycles. The maximum atomic E-state index is 6.38. The first-order valence-corrected chi connectivity index (χ1v) is 9.91. The number of hydrogen-bond acceptors (Lipinski definition) is 2. The summed E-state index contributed by atoms with van der Waals surface area (Å²) >= 11 is 0. The lowest BCUT2D eigenvalue weighted by molar-refractivity contribution is -0.634. The third-order valence-electron chi connectivity index (χ3n) is 6.10. The summed E-state index contributed by atoms with van der Waals surface area (Å²) in [7, 11) is 2.12. The number of fused-ring (bicyclic) bond motifs is 3. The Morgan fingerprint density at radius 3 is 2.54 bits per heavy atom. The van der Waals surface area contributed by atoms with Gasteiger partial charge in [0.15, 0.2) is 0 Å². The Morgan fingerprint density at radius 2 is 1.79 bits per heavy atom. The highest BCUT2D eigenvalue weighted by molar-refractivity contribution is 6.05. The number of nitrogens with zero attached hydrogens (tertiary/aromatic N) is 2. The van der Waals surface area contributed by atoms with Gasteiger partial charge in [0.05, 0.1) is 5.56 Å². The predicted molar refractivity (Wildman–Crippen MR) is 114 cm³/mol. The van der Waals surface area contributed by atoms with Crippen molar-refractivity contribution < 1.29 is 9.30 Å². The topological polar surface area (TPSA) is 26.0 Å². The summed E-state index contributed by atoms with van der Waals surface area (Å²) in [6.45, 7) is 10.9. The van der Waals surface area contributed by atoms with Crippen molar-refractivity contribution in [1.82, 2.24) is 4.98 Å². The normalized spacial score (nSPS) is 12.5. The number of aromatic nitrogens is 2. The van der Waals surface area contributed by atoms with Crippen LogP contribution in [-0.4, -0.2) is 4.98 Å². The molecule has 5 rings (SSSR count). The molecule has 0 atom stereocenters. The summed E-state index contributed by atoms with van der Waals surface area (Å²) in [5.41, 5.74) is 9.48. The quantitative estimate of drug-likeness (QED) is 0.337. The van der Waals surface area contributed by atoms with Gasteiger partial charge in [-0.25, -0.2) is 4.98 Å². The van der Waals surface area contributed by atoms with Gasteiger partial charge in [-0.1, -0.05) is 32.0 Å². The number of benzene rings is 3. The molecule has 0 amide bonds. The average Bonchev–Trinajstić information content (AvgIpc) is 2.64. The minimum Gasteiger partial charge on any atom is -0.433 e. The molecule has 0 bridgehead atoms. The molecule has 3 heteroatoms. The molecule has 4 aromatic rings. The van der Waals surface area contributed by atoms with Crippen molar-refractivity contribution in [3.8, 4) is 22.9 Å². The minimum absolute atomic E-state index is 0.468. The van der Waals surface area contributed by atoms with Crippen LogP contribution in [0, 0.1) is 20.8 Å². The third-order valence-corrected chi connectivity index (χ3v) is 6.10. The molecule has 0 saturated carbocycles. The lowest BCUT2D eigenvalue weighted by Gasteiger charge is -2.22. The standard InChI is InChI=1S/C25H25N2O/c1-13(2)17-7-8-20-19(12-17)26-25-24(27(20)6)22-16(5)15(4)11-18-9-14(3)10-21(28-25)23(18)22/h7-13H,1-6H3/q+1. The Balaban J connectivity index is 1.93. The molecule has 1 aliphatic rings. The SMILES string of the molecule is Cc1cc2c3c(c(C)c(C)cc3c1)-c1c(nc3cc(C(C)C)ccc3[n+]1C)O2. The van der Waals surface area contributed by atoms with E-state index in [9.17, 15) is 0 Å². The second-order valence-electron chi connectivity index (χ2n) is 8.38. The van der Waals surface area contributed by atoms with E-state index in [4.69, 9.17) is 9.72 Å². The molecule has 1 aromatic heterocycles. The molecule has 0 N–H and O–H groups in total. The summed E-state index contributed by atoms with van der Waals surface area (Å²) in [6.07, 6.45) is 0. The van der Waals surface area contributed by atoms with Gasteiger partial charge >= 0.3 is 0 Å². The Labute approximate surface area is 165 Å². The maximum Gasteiger partial charge on any atom is 0.294 e. The van der Waals surface area contributed by atoms with Crippen molar-refractivity contribution in [1.29, 1.82) is 0 Å². The van der Waals surface area contributed by atoms with Crippen LogP contribution in [0.25, 0.3) is 33.1 Å². The molecular weight excluding hydrogens is 344 g/mol. The molecule has 1 aliphatic heterocycles. The van der Waals surface area contributed by atoms with Crippen molar-refractivity contribution in [3.63, 3.8) is 0 Å². The number of hydrogen-bond donors (Lipinski definition) is 0. The molecule has 3 aromatic carbocycles. The average molecular weight is 369 g/mol. The Hall–Kier alpha value is -2.94. The van der Waals surface area contributed by atoms with Gasteiger partial charge in [0.1, 0.15) is 18.3 Å². The smallest absolute Gasteiger partial charge is 0.294 e. The molecule has 140 valence electrons. The van der Waals surface area contributed by atoms with Crippen LogP contribution in [-0.2, 0) is 7.05 Å². The van der Waals surface area contributed by atoms with E-state index >= 15 is 0 Å². The van der Waals surface area contributed by atoms with Crippen LogP contribution in [0.1, 0.15) is 42.0 Å². The number of ether oxygens (including phenoxy) is 1. The van der Waals surface area contributed by atoms with Crippen molar-refractivity contribution in [3.05, 3.63) is 58.7 Å². The number of rotatable bonds is 1. The Kier molecular flexibility index (Phi) is 3.54. The van der Waals surface area contributed by atoms with Gasteiger partial charge < -0.3 is 4.74 Å². The maximum absolute atomic E-state index is 6.38. The largest absolute Gasteiger partial charge is 0.433 e. The Bertz CT molecular complexity index is 1300. The fraction of sp³-hybridized carbons (Fsp3) is 0.280. The molecular formula is C25H25N2O+. The van der Waals surface area contributed by atoms with E-state index in [0.717, 1.165) is 22.5 Å². The molecule has 3 nitrogen and oxygen atoms in total. The minimum atomic E-state index is 0.468. The third kappa shape index (κ3) is 2.29. The van der Waals surface area contributed by atoms with E-state index in [1.807, 2.05) is 0 Å². The van der Waals surface area contributed by atoms with Crippen LogP contribution in [0.3, 0.4) is 0 Å². The van der Waals surface area contributed by atoms with Gasteiger partial charge in [-0.15, -0.1) is 0 Å². The van der Waals surface area contributed by atoms with E-state index in [0.29, 0.717) is 11.8 Å². The molecule has 0 unspecified atom stereocenters. The predicted octanol–water partition coefficient (Wildman–Crippen LogP) is 6.03. The van der Waals surface area contributed by atoms with Crippen LogP contribution in [0.4, 0.5) is 0 Å². The van der Waals surface area contributed by atoms with Gasteiger partial charge in [0.25, 0.3) is 11.6 Å². The first-order chi connectivity index (χ1) is 13.3. The molecule has 0 aliphatic carbocycles. The Morgan fingerprint density at radius 1 is 1.00 bits per heavy atom. The van der Waals surface area contributed by atoms with Gasteiger partial charge in [0.2, 0.25) is 5.52 Å². The van der Waals surface area contributed by atoms with Crippen LogP contribution >= 0.6 is 0 Å². The first-order valence-electron chi connectivity index (χ1n) is 9.91. The molecule has 0 spiro atoms. The van der Waals surface area contributed by atoms with Crippen molar-refractivity contribution in [2.75, 3.05) is 0 Å². The lowest BCUT2D eigenvalue weighted by atomic mass is 9.90. The second-order valence-corrected chi connectivity index (χ2v) is 8.38. The number of aryl methyl sites for hydroxylation is 3. The van der Waals surface area contributed by atoms with Gasteiger partial charge in [-0.3, -0.25) is 0 Å². The van der Waals surface area contributed by atoms with Crippen molar-refractivity contribution in [2.24, 2.45) is 7.05 Å². The summed E-state index contributed by atoms with van der Waals surface area (Å²) in [6, 6.07) is 13.2. The van der Waals surface area contributed by atoms with Gasteiger partial charge in [-0.05, 0) is 66.5 Å². The molecule has 2 heterocycles. The summed E-state index contributed by atoms with van der Waals surface area (Å²) < 4.78 is 8.62. The van der Waals surface area contributed by atoms with Crippen LogP contribution in [0.2, 0.25) is 0 Å². The molecule has 28 heavy (non-hydrogen) atoms. The highest BCUT2D eigenvalue weighted by atomic mass is 16.5. The van der Waals surface area contributed by atoms with Crippen molar-refractivity contribution in [2.45, 2.75) is 40.5 Å². The summed E-state index contributed by atoms with van der Waals surface area (Å²) in [5, 5.41) is 2.42. The second kappa shape index (κ2) is 5.78. The molecule has 0 fully saturated rings. The van der Waals surface area contributed by atoms with E-state index in [1.54, 1.807) is 0 Å². The van der Waals surface area contributed by atoms with E-state index in [-0.39, 0.29) is 0 Å². The zero-order chi connectivity index (χ0) is 19.7. The van der Waals surface area contributed by atoms with E-state index in [2.05, 4.69) is 82.6 Å². The fourth-order valence-electron chi connectivity index (χ4n) is 4.41. The monoisotopic (exact) mass is 369 g/mol. The van der Waals surface area contributed by atoms with Crippen molar-refractivity contribution >= 4 is 21.8 Å². The van der Waals surface area contributed by atoms with E-state index in [1.165, 1.54) is 38.6 Å². The van der Waals surface area contributed by atoms with E-state index < -0.39 is 0 Å². The van der Waals surface area contributed by atoms with Gasteiger partial charge in [0, 0.05) is 11.5 Å². The first kappa shape index (κ1) is 17.2. The highest BCUT2D eigenvalue weighted by Gasteiger charge is 2.33. The fourth-order valence-corrected chi connectivity index (χ4v) is 4.41. The highest BCUT2D eigenvalue weighted by Crippen LogP contribution is 2.47. The van der Waals surface area contributed by atoms with Crippen LogP contribution < -0.4 is 9.30 Å². The summed E-state index contributed by atoms with van der Waals surface area (Å²) in [5.74, 6) is 2.08. The van der Waals surface area contributed by atoms with Crippen LogP contribution in [0.15, 0.2) is 36.4 Å². The summed E-state index contributed by atoms with van der Waals surface area (Å²) in [4.78, 5) is 4.96. The zero-order valence-electron chi connectivity index (χ0n) is 17.3. The molecule has 0 radical (unpaired) electrons. The van der Waals surface area contributed by atoms with Gasteiger partial charge in [-0.2, -0.15) is 4.57 Å².